The molecule has 0 saturated carbocycles. The van der Waals surface area contributed by atoms with Crippen molar-refractivity contribution >= 4 is 17.9 Å². The zero-order valence-corrected chi connectivity index (χ0v) is 24.4. The fraction of sp³-hybridized carbons (Fsp3) is 0.880. The van der Waals surface area contributed by atoms with Crippen LogP contribution in [0.15, 0.2) is 0 Å². The lowest BCUT2D eigenvalue weighted by Crippen LogP contribution is -2.51. The number of β-amino-alcohol motifs (C(OH)–C–C–N with tert-alkyl or cyclic N) is 1. The summed E-state index contributed by atoms with van der Waals surface area (Å²) >= 11 is 0. The van der Waals surface area contributed by atoms with Gasteiger partial charge in [-0.1, -0.05) is 0 Å². The number of ether oxygens (including phenoxy) is 1. The fourth-order valence-electron chi connectivity index (χ4n) is 4.75. The van der Waals surface area contributed by atoms with Gasteiger partial charge >= 0.3 is 17.9 Å². The van der Waals surface area contributed by atoms with Crippen LogP contribution in [0.1, 0.15) is 0 Å². The predicted molar refractivity (Wildman–Crippen MR) is 148 cm³/mol. The van der Waals surface area contributed by atoms with Gasteiger partial charge in [0, 0.05) is 79.1 Å². The molecule has 0 aromatic rings. The number of carboxylic acid groups (broad SMARTS) is 3. The second-order valence-electron chi connectivity index (χ2n) is 10.8. The Kier molecular flexibility index (Phi) is 18.1. The van der Waals surface area contributed by atoms with Crippen molar-refractivity contribution in [2.45, 2.75) is 30.5 Å². The minimum atomic E-state index is -1.66. The van der Waals surface area contributed by atoms with Crippen LogP contribution in [0.5, 0.6) is 0 Å². The summed E-state index contributed by atoms with van der Waals surface area (Å²) in [5.74, 6) is -3.11. The number of carbonyl (C=O) groups is 3. The Hall–Kier alpha value is -2.03. The molecule has 0 amide bonds. The van der Waals surface area contributed by atoms with Crippen LogP contribution in [0.2, 0.25) is 0 Å². The minimum Gasteiger partial charge on any atom is -0.480 e. The number of likely N-dealkylation sites (N-methyl/N-ethyl adjacent to an activating group) is 1. The van der Waals surface area contributed by atoms with Gasteiger partial charge < -0.3 is 50.5 Å². The van der Waals surface area contributed by atoms with Crippen molar-refractivity contribution in [2.75, 3.05) is 112 Å². The summed E-state index contributed by atoms with van der Waals surface area (Å²) in [6.45, 7) is 1.51. The van der Waals surface area contributed by atoms with E-state index in [-0.39, 0.29) is 72.1 Å². The smallest absolute Gasteiger partial charge is 0.317 e. The predicted octanol–water partition coefficient (Wildman–Crippen LogP) is -5.16. The topological polar surface area (TPSA) is 238 Å². The molecule has 246 valence electrons. The number of hydrogen-bond donors (Lipinski definition) is 8. The number of carboxylic acids is 3. The minimum absolute atomic E-state index is 0.0683. The summed E-state index contributed by atoms with van der Waals surface area (Å²) in [6.07, 6.45) is -7.06. The lowest BCUT2D eigenvalue weighted by Gasteiger charge is -2.34. The van der Waals surface area contributed by atoms with Crippen molar-refractivity contribution in [1.29, 1.82) is 0 Å². The number of rotatable bonds is 17. The Morgan fingerprint density at radius 3 is 1.36 bits per heavy atom. The summed E-state index contributed by atoms with van der Waals surface area (Å²) in [7, 11) is 2.91. The molecule has 1 rings (SSSR count). The third kappa shape index (κ3) is 16.0. The summed E-state index contributed by atoms with van der Waals surface area (Å²) < 4.78 is 4.74. The van der Waals surface area contributed by atoms with Crippen LogP contribution >= 0.6 is 0 Å². The first-order chi connectivity index (χ1) is 19.7. The highest BCUT2D eigenvalue weighted by Gasteiger charge is 2.31. The van der Waals surface area contributed by atoms with Crippen LogP contribution in [-0.4, -0.2) is 226 Å². The van der Waals surface area contributed by atoms with Gasteiger partial charge in [0.1, 0.15) is 18.3 Å². The molecule has 0 aliphatic carbocycles. The van der Waals surface area contributed by atoms with E-state index in [2.05, 4.69) is 0 Å². The van der Waals surface area contributed by atoms with Crippen molar-refractivity contribution in [3.8, 4) is 0 Å². The molecule has 1 saturated heterocycles. The van der Waals surface area contributed by atoms with Crippen molar-refractivity contribution in [2.24, 2.45) is 0 Å². The highest BCUT2D eigenvalue weighted by molar-refractivity contribution is 5.69. The van der Waals surface area contributed by atoms with Crippen molar-refractivity contribution in [3.63, 3.8) is 0 Å². The maximum Gasteiger partial charge on any atom is 0.317 e. The van der Waals surface area contributed by atoms with Crippen LogP contribution in [0.3, 0.4) is 0 Å². The molecule has 17 nitrogen and oxygen atoms in total. The van der Waals surface area contributed by atoms with E-state index >= 15 is 0 Å². The van der Waals surface area contributed by atoms with Crippen LogP contribution < -0.4 is 0 Å². The number of nitrogens with zero attached hydrogens (tertiary/aromatic N) is 5. The van der Waals surface area contributed by atoms with E-state index in [1.807, 2.05) is 4.90 Å². The average Bonchev–Trinajstić information content (AvgIpc) is 2.88. The maximum atomic E-state index is 11.4. The third-order valence-corrected chi connectivity index (χ3v) is 6.97. The number of methoxy groups -OCH3 is 1. The Bertz CT molecular complexity index is 780. The van der Waals surface area contributed by atoms with Gasteiger partial charge in [-0.25, -0.2) is 0 Å². The van der Waals surface area contributed by atoms with Crippen LogP contribution in [-0.2, 0) is 19.1 Å². The second-order valence-corrected chi connectivity index (χ2v) is 10.8. The summed E-state index contributed by atoms with van der Waals surface area (Å²) in [5.41, 5.74) is 0. The van der Waals surface area contributed by atoms with Crippen LogP contribution in [0.25, 0.3) is 0 Å². The Balaban J connectivity index is 2.87. The molecule has 42 heavy (non-hydrogen) atoms. The number of aliphatic hydroxyl groups excluding tert-OH is 5. The van der Waals surface area contributed by atoms with Gasteiger partial charge in [0.2, 0.25) is 0 Å². The molecule has 0 aromatic carbocycles. The molecule has 0 spiro atoms. The van der Waals surface area contributed by atoms with E-state index in [4.69, 9.17) is 4.74 Å². The molecule has 5 atom stereocenters. The van der Waals surface area contributed by atoms with Crippen molar-refractivity contribution in [3.05, 3.63) is 0 Å². The molecule has 0 radical (unpaired) electrons. The molecular formula is C25H49N5O12. The van der Waals surface area contributed by atoms with Gasteiger partial charge in [-0.3, -0.25) is 34.0 Å². The molecule has 17 heteroatoms. The molecule has 5 unspecified atom stereocenters. The quantitative estimate of drug-likeness (QED) is 0.0767. The van der Waals surface area contributed by atoms with Gasteiger partial charge in [-0.15, -0.1) is 0 Å². The monoisotopic (exact) mass is 611 g/mol. The van der Waals surface area contributed by atoms with Gasteiger partial charge in [0.25, 0.3) is 0 Å². The van der Waals surface area contributed by atoms with Gasteiger partial charge in [0.15, 0.2) is 0 Å². The van der Waals surface area contributed by atoms with E-state index < -0.39 is 48.4 Å². The average molecular weight is 612 g/mol. The van der Waals surface area contributed by atoms with Gasteiger partial charge in [0.05, 0.1) is 38.4 Å². The first-order valence-electron chi connectivity index (χ1n) is 13.8. The van der Waals surface area contributed by atoms with Crippen molar-refractivity contribution < 1.29 is 60.0 Å². The second kappa shape index (κ2) is 20.0. The van der Waals surface area contributed by atoms with Crippen LogP contribution in [0, 0.1) is 0 Å². The lowest BCUT2D eigenvalue weighted by molar-refractivity contribution is -0.140. The van der Waals surface area contributed by atoms with E-state index in [0.717, 1.165) is 0 Å². The van der Waals surface area contributed by atoms with E-state index in [1.165, 1.54) is 7.11 Å². The zero-order chi connectivity index (χ0) is 31.8. The Labute approximate surface area is 245 Å². The maximum absolute atomic E-state index is 11.4. The molecule has 0 aromatic heterocycles. The van der Waals surface area contributed by atoms with Gasteiger partial charge in [-0.05, 0) is 7.05 Å². The Morgan fingerprint density at radius 2 is 1.00 bits per heavy atom. The number of aliphatic hydroxyl groups is 5. The fourth-order valence-corrected chi connectivity index (χ4v) is 4.75. The molecule has 8 N–H and O–H groups in total. The van der Waals surface area contributed by atoms with Crippen molar-refractivity contribution in [1.82, 2.24) is 24.5 Å². The first-order valence-corrected chi connectivity index (χ1v) is 13.8. The largest absolute Gasteiger partial charge is 0.480 e. The molecule has 1 aliphatic rings. The summed E-state index contributed by atoms with van der Waals surface area (Å²) in [6, 6.07) is 0. The normalized spacial score (nSPS) is 21.1. The summed E-state index contributed by atoms with van der Waals surface area (Å²) in [5, 5.41) is 79.1. The molecule has 1 aliphatic heterocycles. The highest BCUT2D eigenvalue weighted by Crippen LogP contribution is 2.08. The van der Waals surface area contributed by atoms with E-state index in [9.17, 15) is 55.2 Å². The molecule has 0 bridgehead atoms. The Morgan fingerprint density at radius 1 is 0.643 bits per heavy atom. The molecule has 1 fully saturated rings. The van der Waals surface area contributed by atoms with Crippen LogP contribution in [0.4, 0.5) is 0 Å². The van der Waals surface area contributed by atoms with Gasteiger partial charge in [-0.2, -0.15) is 0 Å². The number of aliphatic carboxylic acids is 3. The molecular weight excluding hydrogens is 562 g/mol. The standard InChI is InChI=1S/C25H49N5O12/c1-26(13-19(32)24(40)25(41)20(33)17-42-2)11-18(31)12-27-3-5-28(14-21(34)35)7-9-30(16-23(38)39)10-8-29(6-4-27)15-22(36)37/h18-20,24-25,31-33,40-41H,3-17H2,1-2H3,(H,34,35)(H,36,37)(H,38,39). The SMILES string of the molecule is COCC(O)C(O)C(O)C(O)CN(C)CC(O)CN1CCN(CC(=O)O)CCN(CC(=O)O)CCN(CC(=O)O)CC1. The third-order valence-electron chi connectivity index (χ3n) is 6.97. The lowest BCUT2D eigenvalue weighted by atomic mass is 10.0. The van der Waals surface area contributed by atoms with E-state index in [1.54, 1.807) is 26.6 Å². The highest BCUT2D eigenvalue weighted by atomic mass is 16.5. The summed E-state index contributed by atoms with van der Waals surface area (Å²) in [4.78, 5) is 42.6. The first kappa shape index (κ1) is 38.0. The number of hydrogen-bond acceptors (Lipinski definition) is 14. The van der Waals surface area contributed by atoms with E-state index in [0.29, 0.717) is 26.2 Å². The zero-order valence-electron chi connectivity index (χ0n) is 24.4. The molecule has 1 heterocycles.